The zero-order valence-electron chi connectivity index (χ0n) is 13.4. The summed E-state index contributed by atoms with van der Waals surface area (Å²) in [6.07, 6.45) is 3.17. The number of nitrogens with one attached hydrogen (secondary N) is 1. The number of nitrogens with zero attached hydrogens (tertiary/aromatic N) is 1. The van der Waals surface area contributed by atoms with Gasteiger partial charge >= 0.3 is 0 Å². The monoisotopic (exact) mass is 344 g/mol. The summed E-state index contributed by atoms with van der Waals surface area (Å²) in [6.45, 7) is 1.37. The van der Waals surface area contributed by atoms with Crippen LogP contribution >= 0.6 is 11.8 Å². The van der Waals surface area contributed by atoms with Crippen LogP contribution in [0, 0.1) is 0 Å². The molecule has 0 saturated carbocycles. The lowest BCUT2D eigenvalue weighted by Crippen LogP contribution is -2.26. The predicted octanol–water partition coefficient (Wildman–Crippen LogP) is 3.07. The Hall–Kier alpha value is -2.21. The fraction of sp³-hybridized carbons (Fsp3) is 0.333. The summed E-state index contributed by atoms with van der Waals surface area (Å²) < 4.78 is 5.26. The van der Waals surface area contributed by atoms with Crippen molar-refractivity contribution in [1.82, 2.24) is 5.32 Å². The highest BCUT2D eigenvalue weighted by atomic mass is 32.2. The average molecular weight is 344 g/mol. The van der Waals surface area contributed by atoms with E-state index in [1.165, 1.54) is 0 Å². The second kappa shape index (κ2) is 8.06. The molecule has 5 nitrogen and oxygen atoms in total. The lowest BCUT2D eigenvalue weighted by atomic mass is 10.2. The molecule has 6 heteroatoms. The van der Waals surface area contributed by atoms with Gasteiger partial charge < -0.3 is 14.6 Å². The second-order valence-corrected chi connectivity index (χ2v) is 6.69. The van der Waals surface area contributed by atoms with Gasteiger partial charge in [0, 0.05) is 36.5 Å². The molecular formula is C18H20N2O3S. The van der Waals surface area contributed by atoms with Crippen LogP contribution in [0.1, 0.15) is 29.0 Å². The van der Waals surface area contributed by atoms with Crippen LogP contribution in [0.5, 0.6) is 0 Å². The fourth-order valence-corrected chi connectivity index (χ4v) is 3.38. The maximum absolute atomic E-state index is 12.1. The minimum Gasteiger partial charge on any atom is -0.468 e. The van der Waals surface area contributed by atoms with Crippen LogP contribution < -0.4 is 10.2 Å². The van der Waals surface area contributed by atoms with Gasteiger partial charge in [0.25, 0.3) is 5.91 Å². The SMILES string of the molecule is O=C(NCCSCc1ccco1)c1ccc(N2CCCC2=O)cc1. The average Bonchev–Trinajstić information content (AvgIpc) is 3.26. The Morgan fingerprint density at radius 3 is 2.75 bits per heavy atom. The first-order chi connectivity index (χ1) is 11.7. The summed E-state index contributed by atoms with van der Waals surface area (Å²) in [6, 6.07) is 11.0. The van der Waals surface area contributed by atoms with Gasteiger partial charge in [-0.1, -0.05) is 0 Å². The van der Waals surface area contributed by atoms with E-state index in [4.69, 9.17) is 4.42 Å². The highest BCUT2D eigenvalue weighted by Crippen LogP contribution is 2.21. The lowest BCUT2D eigenvalue weighted by Gasteiger charge is -2.15. The van der Waals surface area contributed by atoms with Gasteiger partial charge in [-0.25, -0.2) is 0 Å². The molecule has 0 unspecified atom stereocenters. The van der Waals surface area contributed by atoms with Gasteiger partial charge in [0.2, 0.25) is 5.91 Å². The quantitative estimate of drug-likeness (QED) is 0.784. The van der Waals surface area contributed by atoms with E-state index in [1.54, 1.807) is 35.1 Å². The zero-order valence-corrected chi connectivity index (χ0v) is 14.2. The molecule has 1 fully saturated rings. The third kappa shape index (κ3) is 4.20. The summed E-state index contributed by atoms with van der Waals surface area (Å²) in [4.78, 5) is 25.6. The first-order valence-electron chi connectivity index (χ1n) is 8.03. The van der Waals surface area contributed by atoms with Gasteiger partial charge in [-0.15, -0.1) is 0 Å². The van der Waals surface area contributed by atoms with E-state index in [2.05, 4.69) is 5.32 Å². The van der Waals surface area contributed by atoms with Crippen molar-refractivity contribution in [3.8, 4) is 0 Å². The normalized spacial score (nSPS) is 14.2. The summed E-state index contributed by atoms with van der Waals surface area (Å²) >= 11 is 1.72. The van der Waals surface area contributed by atoms with Crippen molar-refractivity contribution in [3.05, 3.63) is 54.0 Å². The van der Waals surface area contributed by atoms with E-state index >= 15 is 0 Å². The number of rotatable bonds is 7. The molecule has 1 saturated heterocycles. The third-order valence-electron chi connectivity index (χ3n) is 3.87. The summed E-state index contributed by atoms with van der Waals surface area (Å²) in [7, 11) is 0. The number of benzene rings is 1. The van der Waals surface area contributed by atoms with Gasteiger partial charge in [0.15, 0.2) is 0 Å². The molecule has 0 bridgehead atoms. The largest absolute Gasteiger partial charge is 0.468 e. The van der Waals surface area contributed by atoms with E-state index in [0.29, 0.717) is 18.5 Å². The first kappa shape index (κ1) is 16.6. The van der Waals surface area contributed by atoms with E-state index in [-0.39, 0.29) is 11.8 Å². The number of furan rings is 1. The molecule has 2 amide bonds. The van der Waals surface area contributed by atoms with Crippen molar-refractivity contribution in [2.24, 2.45) is 0 Å². The summed E-state index contributed by atoms with van der Waals surface area (Å²) in [5, 5.41) is 2.91. The molecule has 1 aliphatic heterocycles. The van der Waals surface area contributed by atoms with Gasteiger partial charge in [0.1, 0.15) is 5.76 Å². The Bertz CT molecular complexity index is 683. The molecule has 24 heavy (non-hydrogen) atoms. The van der Waals surface area contributed by atoms with Crippen molar-refractivity contribution < 1.29 is 14.0 Å². The lowest BCUT2D eigenvalue weighted by molar-refractivity contribution is -0.117. The van der Waals surface area contributed by atoms with Crippen LogP contribution in [-0.4, -0.2) is 30.7 Å². The van der Waals surface area contributed by atoms with Crippen LogP contribution in [0.2, 0.25) is 0 Å². The molecule has 0 atom stereocenters. The molecule has 1 aromatic heterocycles. The number of hydrogen-bond acceptors (Lipinski definition) is 4. The van der Waals surface area contributed by atoms with E-state index < -0.39 is 0 Å². The number of thioether (sulfide) groups is 1. The van der Waals surface area contributed by atoms with E-state index in [9.17, 15) is 9.59 Å². The van der Waals surface area contributed by atoms with Gasteiger partial charge in [-0.2, -0.15) is 11.8 Å². The number of anilines is 1. The zero-order chi connectivity index (χ0) is 16.8. The molecule has 0 spiro atoms. The standard InChI is InChI=1S/C18H20N2O3S/c21-17-4-1-10-20(17)15-7-5-14(6-8-15)18(22)19-9-12-24-13-16-3-2-11-23-16/h2-3,5-8,11H,1,4,9-10,12-13H2,(H,19,22). The number of carbonyl (C=O) groups excluding carboxylic acids is 2. The Kier molecular flexibility index (Phi) is 5.59. The predicted molar refractivity (Wildman–Crippen MR) is 95.2 cm³/mol. The van der Waals surface area contributed by atoms with Crippen molar-refractivity contribution in [3.63, 3.8) is 0 Å². The van der Waals surface area contributed by atoms with Crippen molar-refractivity contribution in [2.45, 2.75) is 18.6 Å². The Morgan fingerprint density at radius 1 is 1.25 bits per heavy atom. The second-order valence-electron chi connectivity index (χ2n) is 5.58. The highest BCUT2D eigenvalue weighted by Gasteiger charge is 2.21. The Morgan fingerprint density at radius 2 is 2.08 bits per heavy atom. The van der Waals surface area contributed by atoms with Crippen LogP contribution in [0.4, 0.5) is 5.69 Å². The van der Waals surface area contributed by atoms with Gasteiger partial charge in [-0.3, -0.25) is 9.59 Å². The first-order valence-corrected chi connectivity index (χ1v) is 9.18. The maximum Gasteiger partial charge on any atom is 0.251 e. The van der Waals surface area contributed by atoms with Crippen molar-refractivity contribution in [1.29, 1.82) is 0 Å². The Balaban J connectivity index is 1.42. The van der Waals surface area contributed by atoms with E-state index in [0.717, 1.165) is 35.9 Å². The van der Waals surface area contributed by atoms with Gasteiger partial charge in [0.05, 0.1) is 12.0 Å². The molecule has 1 N–H and O–H groups in total. The number of carbonyl (C=O) groups is 2. The third-order valence-corrected chi connectivity index (χ3v) is 4.85. The maximum atomic E-state index is 12.1. The number of hydrogen-bond donors (Lipinski definition) is 1. The molecule has 2 aromatic rings. The molecule has 2 heterocycles. The molecule has 126 valence electrons. The minimum atomic E-state index is -0.0899. The van der Waals surface area contributed by atoms with Crippen LogP contribution in [-0.2, 0) is 10.5 Å². The van der Waals surface area contributed by atoms with Gasteiger partial charge in [-0.05, 0) is 42.8 Å². The van der Waals surface area contributed by atoms with Crippen LogP contribution in [0.25, 0.3) is 0 Å². The highest BCUT2D eigenvalue weighted by molar-refractivity contribution is 7.98. The fourth-order valence-electron chi connectivity index (χ4n) is 2.62. The Labute approximate surface area is 145 Å². The van der Waals surface area contributed by atoms with Crippen molar-refractivity contribution >= 4 is 29.3 Å². The van der Waals surface area contributed by atoms with Crippen LogP contribution in [0.15, 0.2) is 47.1 Å². The molecule has 1 aromatic carbocycles. The number of amides is 2. The molecular weight excluding hydrogens is 324 g/mol. The topological polar surface area (TPSA) is 62.6 Å². The smallest absolute Gasteiger partial charge is 0.251 e. The minimum absolute atomic E-state index is 0.0899. The molecule has 3 rings (SSSR count). The molecule has 1 aliphatic rings. The molecule has 0 aliphatic carbocycles. The summed E-state index contributed by atoms with van der Waals surface area (Å²) in [5.41, 5.74) is 1.48. The van der Waals surface area contributed by atoms with Crippen molar-refractivity contribution in [2.75, 3.05) is 23.7 Å². The molecule has 0 radical (unpaired) electrons. The summed E-state index contributed by atoms with van der Waals surface area (Å²) in [5.74, 6) is 2.64. The van der Waals surface area contributed by atoms with E-state index in [1.807, 2.05) is 24.3 Å². The van der Waals surface area contributed by atoms with Crippen LogP contribution in [0.3, 0.4) is 0 Å².